The Balaban J connectivity index is 1.90. The molecule has 6 heteroatoms. The molecule has 1 fully saturated rings. The lowest BCUT2D eigenvalue weighted by Gasteiger charge is -2.24. The highest BCUT2D eigenvalue weighted by Crippen LogP contribution is 2.41. The third-order valence-corrected chi connectivity index (χ3v) is 5.33. The van der Waals surface area contributed by atoms with Gasteiger partial charge in [-0.05, 0) is 42.0 Å². The van der Waals surface area contributed by atoms with E-state index in [4.69, 9.17) is 4.74 Å². The van der Waals surface area contributed by atoms with Gasteiger partial charge in [0.25, 0.3) is 0 Å². The Kier molecular flexibility index (Phi) is 4.73. The first-order chi connectivity index (χ1) is 11.1. The first-order valence-corrected chi connectivity index (χ1v) is 8.82. The summed E-state index contributed by atoms with van der Waals surface area (Å²) in [6, 6.07) is 14.9. The van der Waals surface area contributed by atoms with Gasteiger partial charge in [-0.3, -0.25) is 9.69 Å². The van der Waals surface area contributed by atoms with Gasteiger partial charge in [0.1, 0.15) is 5.37 Å². The van der Waals surface area contributed by atoms with E-state index < -0.39 is 0 Å². The van der Waals surface area contributed by atoms with Crippen LogP contribution in [0, 0.1) is 0 Å². The number of hydrogen-bond acceptors (Lipinski definition) is 4. The number of nitrogens with zero attached hydrogens (tertiary/aromatic N) is 1. The van der Waals surface area contributed by atoms with Crippen molar-refractivity contribution in [2.75, 3.05) is 17.8 Å². The highest BCUT2D eigenvalue weighted by Gasteiger charge is 2.34. The van der Waals surface area contributed by atoms with Crippen molar-refractivity contribution >= 4 is 45.3 Å². The Morgan fingerprint density at radius 1 is 1.17 bits per heavy atom. The molecule has 1 amide bonds. The zero-order chi connectivity index (χ0) is 16.4. The lowest BCUT2D eigenvalue weighted by Crippen LogP contribution is -2.27. The second kappa shape index (κ2) is 6.76. The van der Waals surface area contributed by atoms with Crippen LogP contribution in [-0.2, 0) is 9.53 Å². The number of carbonyl (C=O) groups is 2. The van der Waals surface area contributed by atoms with E-state index in [9.17, 15) is 9.59 Å². The first-order valence-electron chi connectivity index (χ1n) is 6.97. The lowest BCUT2D eigenvalue weighted by molar-refractivity contribution is -0.115. The molecule has 0 radical (unpaired) electrons. The Hall–Kier alpha value is -1.79. The summed E-state index contributed by atoms with van der Waals surface area (Å²) in [4.78, 5) is 25.6. The molecule has 23 heavy (non-hydrogen) atoms. The minimum Gasteiger partial charge on any atom is -0.465 e. The normalized spacial score (nSPS) is 17.4. The van der Waals surface area contributed by atoms with Crippen molar-refractivity contribution in [3.63, 3.8) is 0 Å². The third-order valence-electron chi connectivity index (χ3n) is 3.59. The monoisotopic (exact) mass is 391 g/mol. The van der Waals surface area contributed by atoms with E-state index in [2.05, 4.69) is 15.9 Å². The quantitative estimate of drug-likeness (QED) is 0.741. The van der Waals surface area contributed by atoms with Gasteiger partial charge in [-0.15, -0.1) is 11.8 Å². The van der Waals surface area contributed by atoms with Crippen LogP contribution in [0.4, 0.5) is 5.69 Å². The second-order valence-corrected chi connectivity index (χ2v) is 7.00. The summed E-state index contributed by atoms with van der Waals surface area (Å²) < 4.78 is 5.68. The molecule has 3 rings (SSSR count). The Morgan fingerprint density at radius 2 is 1.83 bits per heavy atom. The van der Waals surface area contributed by atoms with Crippen LogP contribution < -0.4 is 4.90 Å². The zero-order valence-electron chi connectivity index (χ0n) is 12.4. The minimum atomic E-state index is -0.364. The van der Waals surface area contributed by atoms with Gasteiger partial charge in [0.15, 0.2) is 0 Å². The third kappa shape index (κ3) is 3.28. The lowest BCUT2D eigenvalue weighted by atomic mass is 10.1. The van der Waals surface area contributed by atoms with Crippen molar-refractivity contribution in [2.24, 2.45) is 0 Å². The maximum absolute atomic E-state index is 12.3. The van der Waals surface area contributed by atoms with E-state index in [0.717, 1.165) is 15.7 Å². The summed E-state index contributed by atoms with van der Waals surface area (Å²) in [5.41, 5.74) is 2.35. The summed E-state index contributed by atoms with van der Waals surface area (Å²) >= 11 is 4.98. The fourth-order valence-corrected chi connectivity index (χ4v) is 3.89. The van der Waals surface area contributed by atoms with Gasteiger partial charge in [0.05, 0.1) is 18.4 Å². The number of esters is 1. The molecule has 0 N–H and O–H groups in total. The van der Waals surface area contributed by atoms with Crippen LogP contribution in [0.3, 0.4) is 0 Å². The van der Waals surface area contributed by atoms with Crippen LogP contribution >= 0.6 is 27.7 Å². The Morgan fingerprint density at radius 3 is 2.43 bits per heavy atom. The van der Waals surface area contributed by atoms with Gasteiger partial charge >= 0.3 is 5.97 Å². The van der Waals surface area contributed by atoms with E-state index in [1.54, 1.807) is 28.8 Å². The standard InChI is InChI=1S/C17H14BrNO3S/c1-22-17(21)12-4-2-11(3-5-12)16-19(15(20)10-23-16)14-8-6-13(18)7-9-14/h2-9,16H,10H2,1H3/t16-/m0/s1. The number of hydrogen-bond donors (Lipinski definition) is 0. The average Bonchev–Trinajstić information content (AvgIpc) is 2.97. The molecule has 2 aromatic rings. The molecule has 1 heterocycles. The van der Waals surface area contributed by atoms with Crippen molar-refractivity contribution in [3.8, 4) is 0 Å². The second-order valence-electron chi connectivity index (χ2n) is 5.02. The fraction of sp³-hybridized carbons (Fsp3) is 0.176. The topological polar surface area (TPSA) is 46.6 Å². The maximum atomic E-state index is 12.3. The van der Waals surface area contributed by atoms with Crippen LogP contribution in [0.15, 0.2) is 53.0 Å². The van der Waals surface area contributed by atoms with Gasteiger partial charge in [0.2, 0.25) is 5.91 Å². The molecule has 1 atom stereocenters. The van der Waals surface area contributed by atoms with E-state index in [0.29, 0.717) is 11.3 Å². The Labute approximate surface area is 146 Å². The Bertz CT molecular complexity index is 731. The molecular weight excluding hydrogens is 378 g/mol. The molecule has 0 aliphatic carbocycles. The molecule has 0 unspecified atom stereocenters. The van der Waals surface area contributed by atoms with Crippen LogP contribution in [0.5, 0.6) is 0 Å². The highest BCUT2D eigenvalue weighted by atomic mass is 79.9. The van der Waals surface area contributed by atoms with E-state index in [-0.39, 0.29) is 17.3 Å². The van der Waals surface area contributed by atoms with E-state index in [1.807, 2.05) is 36.4 Å². The molecule has 0 bridgehead atoms. The van der Waals surface area contributed by atoms with Crippen LogP contribution in [0.2, 0.25) is 0 Å². The molecule has 118 valence electrons. The molecule has 2 aromatic carbocycles. The molecule has 1 aliphatic rings. The number of ether oxygens (including phenoxy) is 1. The predicted molar refractivity (Wildman–Crippen MR) is 94.6 cm³/mol. The molecule has 1 saturated heterocycles. The summed E-state index contributed by atoms with van der Waals surface area (Å²) in [5.74, 6) is 0.162. The number of amides is 1. The van der Waals surface area contributed by atoms with Crippen LogP contribution in [0.1, 0.15) is 21.3 Å². The summed E-state index contributed by atoms with van der Waals surface area (Å²) in [7, 11) is 1.36. The highest BCUT2D eigenvalue weighted by molar-refractivity contribution is 9.10. The molecule has 0 saturated carbocycles. The smallest absolute Gasteiger partial charge is 0.337 e. The number of benzene rings is 2. The number of anilines is 1. The van der Waals surface area contributed by atoms with Gasteiger partial charge in [-0.2, -0.15) is 0 Å². The molecule has 0 spiro atoms. The molecule has 0 aromatic heterocycles. The summed E-state index contributed by atoms with van der Waals surface area (Å²) in [6.07, 6.45) is 0. The van der Waals surface area contributed by atoms with Gasteiger partial charge in [-0.25, -0.2) is 4.79 Å². The summed E-state index contributed by atoms with van der Waals surface area (Å²) in [5, 5.41) is -0.0876. The van der Waals surface area contributed by atoms with Crippen molar-refractivity contribution in [1.82, 2.24) is 0 Å². The SMILES string of the molecule is COC(=O)c1ccc([C@@H]2SCC(=O)N2c2ccc(Br)cc2)cc1. The van der Waals surface area contributed by atoms with Crippen LogP contribution in [0.25, 0.3) is 0 Å². The first kappa shape index (κ1) is 16.1. The fourth-order valence-electron chi connectivity index (χ4n) is 2.45. The number of methoxy groups -OCH3 is 1. The molecular formula is C17H14BrNO3S. The summed E-state index contributed by atoms with van der Waals surface area (Å²) in [6.45, 7) is 0. The average molecular weight is 392 g/mol. The van der Waals surface area contributed by atoms with E-state index >= 15 is 0 Å². The van der Waals surface area contributed by atoms with Crippen molar-refractivity contribution < 1.29 is 14.3 Å². The van der Waals surface area contributed by atoms with Gasteiger partial charge in [0, 0.05) is 10.2 Å². The minimum absolute atomic E-state index is 0.0827. The zero-order valence-corrected chi connectivity index (χ0v) is 14.8. The largest absolute Gasteiger partial charge is 0.465 e. The number of rotatable bonds is 3. The molecule has 4 nitrogen and oxygen atoms in total. The van der Waals surface area contributed by atoms with Crippen molar-refractivity contribution in [2.45, 2.75) is 5.37 Å². The number of halogens is 1. The predicted octanol–water partition coefficient (Wildman–Crippen LogP) is 4.01. The molecule has 1 aliphatic heterocycles. The van der Waals surface area contributed by atoms with Gasteiger partial charge in [-0.1, -0.05) is 28.1 Å². The van der Waals surface area contributed by atoms with Gasteiger partial charge < -0.3 is 4.74 Å². The number of thioether (sulfide) groups is 1. The van der Waals surface area contributed by atoms with Crippen molar-refractivity contribution in [1.29, 1.82) is 0 Å². The maximum Gasteiger partial charge on any atom is 0.337 e. The van der Waals surface area contributed by atoms with E-state index in [1.165, 1.54) is 7.11 Å². The van der Waals surface area contributed by atoms with Crippen molar-refractivity contribution in [3.05, 3.63) is 64.1 Å². The van der Waals surface area contributed by atoms with Crippen LogP contribution in [-0.4, -0.2) is 24.7 Å². The number of carbonyl (C=O) groups excluding carboxylic acids is 2.